The van der Waals surface area contributed by atoms with Crippen LogP contribution in [0, 0.1) is 0 Å². The lowest BCUT2D eigenvalue weighted by molar-refractivity contribution is -0.140. The number of nitrogens with zero attached hydrogens (tertiary/aromatic N) is 1. The summed E-state index contributed by atoms with van der Waals surface area (Å²) in [5, 5.41) is 3.72. The number of nitrogens with one attached hydrogen (secondary N) is 1. The maximum atomic E-state index is 13.1. The van der Waals surface area contributed by atoms with Crippen LogP contribution in [0.15, 0.2) is 59.5 Å². The first-order valence-electron chi connectivity index (χ1n) is 10.7. The monoisotopic (exact) mass is 460 g/mol. The molecule has 0 saturated heterocycles. The molecule has 0 spiro atoms. The summed E-state index contributed by atoms with van der Waals surface area (Å²) in [6.45, 7) is 8.17. The number of carbonyl (C=O) groups is 2. The fourth-order valence-electron chi connectivity index (χ4n) is 3.13. The van der Waals surface area contributed by atoms with E-state index in [2.05, 4.69) is 5.32 Å². The number of benzene rings is 2. The number of carbonyl (C=O) groups excluding carboxylic acids is 2. The maximum absolute atomic E-state index is 13.1. The van der Waals surface area contributed by atoms with Crippen LogP contribution < -0.4 is 5.32 Å². The Morgan fingerprint density at radius 2 is 1.71 bits per heavy atom. The average Bonchev–Trinajstić information content (AvgIpc) is 2.72. The molecule has 0 fully saturated rings. The minimum absolute atomic E-state index is 0.0178. The summed E-state index contributed by atoms with van der Waals surface area (Å²) in [5.41, 5.74) is 0.816. The number of thioether (sulfide) groups is 1. The quantitative estimate of drug-likeness (QED) is 0.371. The predicted octanol–water partition coefficient (Wildman–Crippen LogP) is 5.59. The van der Waals surface area contributed by atoms with Crippen LogP contribution in [0.2, 0.25) is 5.02 Å². The Balaban J connectivity index is 1.95. The van der Waals surface area contributed by atoms with E-state index in [0.29, 0.717) is 13.0 Å². The summed E-state index contributed by atoms with van der Waals surface area (Å²) in [5.74, 6) is 0.733. The fourth-order valence-corrected chi connectivity index (χ4v) is 4.11. The van der Waals surface area contributed by atoms with E-state index in [9.17, 15) is 9.59 Å². The molecule has 0 aliphatic rings. The van der Waals surface area contributed by atoms with Crippen molar-refractivity contribution in [3.05, 3.63) is 65.2 Å². The number of halogens is 1. The van der Waals surface area contributed by atoms with Gasteiger partial charge in [-0.1, -0.05) is 41.9 Å². The molecule has 2 rings (SSSR count). The van der Waals surface area contributed by atoms with Gasteiger partial charge in [-0.05, 0) is 76.1 Å². The molecule has 0 heterocycles. The van der Waals surface area contributed by atoms with E-state index in [4.69, 9.17) is 11.6 Å². The lowest BCUT2D eigenvalue weighted by Crippen LogP contribution is -2.53. The van der Waals surface area contributed by atoms with Crippen molar-refractivity contribution in [1.82, 2.24) is 10.2 Å². The Morgan fingerprint density at radius 1 is 1.06 bits per heavy atom. The normalized spacial score (nSPS) is 12.3. The van der Waals surface area contributed by atoms with Crippen LogP contribution in [0.25, 0.3) is 0 Å². The van der Waals surface area contributed by atoms with Crippen LogP contribution in [0.4, 0.5) is 0 Å². The second-order valence-corrected chi connectivity index (χ2v) is 10.2. The van der Waals surface area contributed by atoms with Crippen LogP contribution in [-0.2, 0) is 16.0 Å². The van der Waals surface area contributed by atoms with Gasteiger partial charge in [-0.15, -0.1) is 11.8 Å². The van der Waals surface area contributed by atoms with Gasteiger partial charge >= 0.3 is 0 Å². The Bertz CT molecular complexity index is 835. The third kappa shape index (κ3) is 9.36. The first kappa shape index (κ1) is 25.3. The van der Waals surface area contributed by atoms with Gasteiger partial charge in [0.1, 0.15) is 6.04 Å². The molecule has 4 nitrogen and oxygen atoms in total. The molecule has 168 valence electrons. The van der Waals surface area contributed by atoms with Crippen LogP contribution in [0.3, 0.4) is 0 Å². The third-order valence-electron chi connectivity index (χ3n) is 4.77. The van der Waals surface area contributed by atoms with Gasteiger partial charge < -0.3 is 10.2 Å². The van der Waals surface area contributed by atoms with Crippen molar-refractivity contribution in [1.29, 1.82) is 0 Å². The number of hydrogen-bond donors (Lipinski definition) is 1. The summed E-state index contributed by atoms with van der Waals surface area (Å²) in [7, 11) is 0. The summed E-state index contributed by atoms with van der Waals surface area (Å²) >= 11 is 7.63. The van der Waals surface area contributed by atoms with Gasteiger partial charge in [0, 0.05) is 28.4 Å². The molecule has 0 saturated carbocycles. The van der Waals surface area contributed by atoms with Crippen LogP contribution in [0.5, 0.6) is 0 Å². The van der Waals surface area contributed by atoms with Crippen LogP contribution in [0.1, 0.15) is 46.1 Å². The van der Waals surface area contributed by atoms with E-state index in [1.54, 1.807) is 16.7 Å². The van der Waals surface area contributed by atoms with Gasteiger partial charge in [0.2, 0.25) is 11.8 Å². The van der Waals surface area contributed by atoms with Crippen molar-refractivity contribution < 1.29 is 9.59 Å². The van der Waals surface area contributed by atoms with Crippen molar-refractivity contribution in [3.63, 3.8) is 0 Å². The van der Waals surface area contributed by atoms with Gasteiger partial charge in [0.15, 0.2) is 0 Å². The minimum Gasteiger partial charge on any atom is -0.350 e. The molecule has 0 aromatic heterocycles. The Kier molecular flexibility index (Phi) is 9.92. The van der Waals surface area contributed by atoms with Gasteiger partial charge in [0.25, 0.3) is 0 Å². The Morgan fingerprint density at radius 3 is 2.32 bits per heavy atom. The van der Waals surface area contributed by atoms with E-state index in [0.717, 1.165) is 34.1 Å². The topological polar surface area (TPSA) is 49.4 Å². The molecule has 0 aliphatic heterocycles. The van der Waals surface area contributed by atoms with Gasteiger partial charge in [0.05, 0.1) is 0 Å². The van der Waals surface area contributed by atoms with Crippen molar-refractivity contribution in [2.75, 3.05) is 12.3 Å². The summed E-state index contributed by atoms with van der Waals surface area (Å²) in [6.07, 6.45) is 1.89. The highest BCUT2D eigenvalue weighted by atomic mass is 35.5. The second-order valence-electron chi connectivity index (χ2n) is 8.64. The molecule has 31 heavy (non-hydrogen) atoms. The highest BCUT2D eigenvalue weighted by molar-refractivity contribution is 7.99. The molecular weight excluding hydrogens is 428 g/mol. The standard InChI is InChI=1S/C25H33ClN2O2S/c1-19(24(30)27-25(2,3)4)28(17-16-20-9-6-5-7-10-20)23(29)11-8-18-31-22-14-12-21(26)13-15-22/h5-7,9-10,12-15,19H,8,11,16-18H2,1-4H3,(H,27,30)/t19-/m0/s1. The zero-order valence-electron chi connectivity index (χ0n) is 18.9. The SMILES string of the molecule is C[C@@H](C(=O)NC(C)(C)C)N(CCc1ccccc1)C(=O)CCCSc1ccc(Cl)cc1. The number of rotatable bonds is 10. The molecule has 2 amide bonds. The van der Waals surface area contributed by atoms with E-state index in [-0.39, 0.29) is 17.4 Å². The lowest BCUT2D eigenvalue weighted by Gasteiger charge is -2.31. The molecule has 0 radical (unpaired) electrons. The fraction of sp³-hybridized carbons (Fsp3) is 0.440. The van der Waals surface area contributed by atoms with Crippen molar-refractivity contribution in [2.24, 2.45) is 0 Å². The lowest BCUT2D eigenvalue weighted by atomic mass is 10.1. The average molecular weight is 461 g/mol. The van der Waals surface area contributed by atoms with Gasteiger partial charge in [-0.3, -0.25) is 9.59 Å². The van der Waals surface area contributed by atoms with E-state index in [1.165, 1.54) is 0 Å². The van der Waals surface area contributed by atoms with Gasteiger partial charge in [-0.25, -0.2) is 0 Å². The van der Waals surface area contributed by atoms with Crippen molar-refractivity contribution in [2.45, 2.75) is 63.4 Å². The highest BCUT2D eigenvalue weighted by Crippen LogP contribution is 2.22. The third-order valence-corrected chi connectivity index (χ3v) is 6.12. The van der Waals surface area contributed by atoms with E-state index < -0.39 is 6.04 Å². The van der Waals surface area contributed by atoms with Crippen LogP contribution in [-0.4, -0.2) is 40.6 Å². The molecular formula is C25H33ClN2O2S. The minimum atomic E-state index is -0.514. The first-order chi connectivity index (χ1) is 14.7. The summed E-state index contributed by atoms with van der Waals surface area (Å²) in [4.78, 5) is 28.6. The molecule has 6 heteroatoms. The summed E-state index contributed by atoms with van der Waals surface area (Å²) in [6, 6.07) is 17.3. The maximum Gasteiger partial charge on any atom is 0.242 e. The zero-order valence-corrected chi connectivity index (χ0v) is 20.4. The second kappa shape index (κ2) is 12.2. The molecule has 0 unspecified atom stereocenters. The zero-order chi connectivity index (χ0) is 22.9. The largest absolute Gasteiger partial charge is 0.350 e. The predicted molar refractivity (Wildman–Crippen MR) is 131 cm³/mol. The highest BCUT2D eigenvalue weighted by Gasteiger charge is 2.27. The molecule has 2 aromatic rings. The van der Waals surface area contributed by atoms with Gasteiger partial charge in [-0.2, -0.15) is 0 Å². The molecule has 1 N–H and O–H groups in total. The molecule has 0 aliphatic carbocycles. The number of amides is 2. The molecule has 2 aromatic carbocycles. The van der Waals surface area contributed by atoms with Crippen molar-refractivity contribution >= 4 is 35.2 Å². The van der Waals surface area contributed by atoms with E-state index in [1.807, 2.05) is 82.3 Å². The summed E-state index contributed by atoms with van der Waals surface area (Å²) < 4.78 is 0. The van der Waals surface area contributed by atoms with Crippen molar-refractivity contribution in [3.8, 4) is 0 Å². The molecule has 0 bridgehead atoms. The van der Waals surface area contributed by atoms with Crippen LogP contribution >= 0.6 is 23.4 Å². The number of hydrogen-bond acceptors (Lipinski definition) is 3. The Hall–Kier alpha value is -1.98. The smallest absolute Gasteiger partial charge is 0.242 e. The first-order valence-corrected chi connectivity index (χ1v) is 12.1. The Labute approximate surface area is 195 Å². The van der Waals surface area contributed by atoms with E-state index >= 15 is 0 Å². The molecule has 1 atom stereocenters.